The Morgan fingerprint density at radius 1 is 1.39 bits per heavy atom. The first-order valence-corrected chi connectivity index (χ1v) is 7.74. The topological polar surface area (TPSA) is 48.7 Å². The van der Waals surface area contributed by atoms with Crippen molar-refractivity contribution in [3.05, 3.63) is 64.6 Å². The number of furan rings is 1. The summed E-state index contributed by atoms with van der Waals surface area (Å²) in [6, 6.07) is 7.05. The number of ketones is 1. The maximum atomic E-state index is 12.0. The van der Waals surface area contributed by atoms with E-state index in [1.165, 1.54) is 6.08 Å². The summed E-state index contributed by atoms with van der Waals surface area (Å²) >= 11 is 3.45. The smallest absolute Gasteiger partial charge is 0.221 e. The second kappa shape index (κ2) is 7.83. The van der Waals surface area contributed by atoms with Gasteiger partial charge in [-0.05, 0) is 58.8 Å². The number of aryl methyl sites for hydroxylation is 1. The van der Waals surface area contributed by atoms with E-state index in [1.807, 2.05) is 6.07 Å². The Morgan fingerprint density at radius 2 is 2.17 bits per heavy atom. The van der Waals surface area contributed by atoms with E-state index < -0.39 is 0 Å². The van der Waals surface area contributed by atoms with Crippen LogP contribution in [0.5, 0.6) is 11.5 Å². The molecule has 2 aromatic rings. The van der Waals surface area contributed by atoms with Crippen LogP contribution in [0.4, 0.5) is 0 Å². The van der Waals surface area contributed by atoms with Crippen molar-refractivity contribution in [3.8, 4) is 11.5 Å². The third kappa shape index (κ3) is 4.36. The zero-order valence-corrected chi connectivity index (χ0v) is 14.6. The van der Waals surface area contributed by atoms with Gasteiger partial charge in [0.1, 0.15) is 12.4 Å². The highest BCUT2D eigenvalue weighted by Crippen LogP contribution is 2.37. The lowest BCUT2D eigenvalue weighted by Gasteiger charge is -2.12. The molecule has 0 spiro atoms. The molecule has 0 aliphatic carbocycles. The lowest BCUT2D eigenvalue weighted by atomic mass is 10.1. The molecule has 0 saturated heterocycles. The van der Waals surface area contributed by atoms with Gasteiger partial charge in [-0.15, -0.1) is 0 Å². The molecule has 1 aromatic heterocycles. The molecule has 1 heterocycles. The first-order chi connectivity index (χ1) is 11.0. The van der Waals surface area contributed by atoms with Crippen molar-refractivity contribution in [3.63, 3.8) is 0 Å². The lowest BCUT2D eigenvalue weighted by Crippen LogP contribution is -1.98. The van der Waals surface area contributed by atoms with E-state index in [0.717, 1.165) is 10.0 Å². The first-order valence-electron chi connectivity index (χ1n) is 6.95. The fourth-order valence-corrected chi connectivity index (χ4v) is 2.51. The van der Waals surface area contributed by atoms with E-state index in [-0.39, 0.29) is 5.78 Å². The van der Waals surface area contributed by atoms with Crippen LogP contribution >= 0.6 is 15.9 Å². The van der Waals surface area contributed by atoms with Gasteiger partial charge in [0.2, 0.25) is 5.78 Å². The van der Waals surface area contributed by atoms with Crippen LogP contribution in [-0.4, -0.2) is 19.5 Å². The summed E-state index contributed by atoms with van der Waals surface area (Å²) in [6.07, 6.45) is 4.82. The van der Waals surface area contributed by atoms with E-state index in [2.05, 4.69) is 22.5 Å². The Hall–Kier alpha value is -2.27. The maximum Gasteiger partial charge on any atom is 0.221 e. The highest BCUT2D eigenvalue weighted by atomic mass is 79.9. The van der Waals surface area contributed by atoms with Crippen LogP contribution in [0.3, 0.4) is 0 Å². The van der Waals surface area contributed by atoms with Gasteiger partial charge >= 0.3 is 0 Å². The van der Waals surface area contributed by atoms with Gasteiger partial charge in [-0.1, -0.05) is 18.7 Å². The predicted molar refractivity (Wildman–Crippen MR) is 93.2 cm³/mol. The van der Waals surface area contributed by atoms with Gasteiger partial charge in [0, 0.05) is 0 Å². The summed E-state index contributed by atoms with van der Waals surface area (Å²) in [5, 5.41) is 0. The first kappa shape index (κ1) is 17.1. The van der Waals surface area contributed by atoms with Crippen LogP contribution in [0.25, 0.3) is 6.08 Å². The standard InChI is InChI=1S/C18H17BrO4/c1-4-9-22-18-14(19)10-13(11-17(18)21-3)6-7-15(20)16-8-5-12(2)23-16/h4-8,10-11H,1,9H2,2-3H3/b7-6+. The number of hydrogen-bond donors (Lipinski definition) is 0. The summed E-state index contributed by atoms with van der Waals surface area (Å²) in [4.78, 5) is 12.0. The number of rotatable bonds is 7. The van der Waals surface area contributed by atoms with Gasteiger partial charge in [0.25, 0.3) is 0 Å². The average Bonchev–Trinajstić information content (AvgIpc) is 2.97. The molecule has 5 heteroatoms. The van der Waals surface area contributed by atoms with E-state index in [1.54, 1.807) is 44.4 Å². The summed E-state index contributed by atoms with van der Waals surface area (Å²) in [6.45, 7) is 5.79. The Morgan fingerprint density at radius 3 is 2.78 bits per heavy atom. The fourth-order valence-electron chi connectivity index (χ4n) is 1.94. The monoisotopic (exact) mass is 376 g/mol. The molecule has 0 atom stereocenters. The molecule has 4 nitrogen and oxygen atoms in total. The lowest BCUT2D eigenvalue weighted by molar-refractivity contribution is 0.102. The molecule has 1 aromatic carbocycles. The number of methoxy groups -OCH3 is 1. The SMILES string of the molecule is C=CCOc1c(Br)cc(/C=C/C(=O)c2ccc(C)o2)cc1OC. The predicted octanol–water partition coefficient (Wildman–Crippen LogP) is 4.82. The zero-order valence-electron chi connectivity index (χ0n) is 13.0. The van der Waals surface area contributed by atoms with Crippen LogP contribution in [0.2, 0.25) is 0 Å². The summed E-state index contributed by atoms with van der Waals surface area (Å²) in [5.41, 5.74) is 0.802. The second-order valence-electron chi connectivity index (χ2n) is 4.74. The third-order valence-electron chi connectivity index (χ3n) is 3.01. The number of ether oxygens (including phenoxy) is 2. The van der Waals surface area contributed by atoms with Crippen molar-refractivity contribution >= 4 is 27.8 Å². The molecule has 0 bridgehead atoms. The summed E-state index contributed by atoms with van der Waals surface area (Å²) < 4.78 is 16.9. The molecule has 23 heavy (non-hydrogen) atoms. The molecule has 0 saturated carbocycles. The summed E-state index contributed by atoms with van der Waals surface area (Å²) in [5.74, 6) is 1.99. The molecule has 2 rings (SSSR count). The van der Waals surface area contributed by atoms with Crippen molar-refractivity contribution in [2.75, 3.05) is 13.7 Å². The minimum absolute atomic E-state index is 0.194. The van der Waals surface area contributed by atoms with Gasteiger partial charge in [0.15, 0.2) is 17.3 Å². The zero-order chi connectivity index (χ0) is 16.8. The van der Waals surface area contributed by atoms with E-state index in [0.29, 0.717) is 29.6 Å². The van der Waals surface area contributed by atoms with Crippen LogP contribution in [0, 0.1) is 6.92 Å². The molecule has 0 N–H and O–H groups in total. The number of hydrogen-bond acceptors (Lipinski definition) is 4. The molecule has 0 unspecified atom stereocenters. The van der Waals surface area contributed by atoms with E-state index in [9.17, 15) is 4.79 Å². The normalized spacial score (nSPS) is 10.7. The van der Waals surface area contributed by atoms with Crippen molar-refractivity contribution < 1.29 is 18.7 Å². The van der Waals surface area contributed by atoms with Crippen LogP contribution in [0.15, 0.2) is 51.9 Å². The number of carbonyl (C=O) groups excluding carboxylic acids is 1. The fraction of sp³-hybridized carbons (Fsp3) is 0.167. The van der Waals surface area contributed by atoms with Crippen molar-refractivity contribution in [2.24, 2.45) is 0 Å². The number of allylic oxidation sites excluding steroid dienone is 1. The van der Waals surface area contributed by atoms with Gasteiger partial charge in [-0.3, -0.25) is 4.79 Å². The minimum Gasteiger partial charge on any atom is -0.493 e. The molecular formula is C18H17BrO4. The molecule has 120 valence electrons. The van der Waals surface area contributed by atoms with Crippen molar-refractivity contribution in [1.82, 2.24) is 0 Å². The Balaban J connectivity index is 2.23. The molecule has 0 fully saturated rings. The van der Waals surface area contributed by atoms with Crippen LogP contribution in [0.1, 0.15) is 21.9 Å². The number of carbonyl (C=O) groups is 1. The second-order valence-corrected chi connectivity index (χ2v) is 5.60. The number of halogens is 1. The molecule has 0 aliphatic heterocycles. The third-order valence-corrected chi connectivity index (χ3v) is 3.60. The van der Waals surface area contributed by atoms with Gasteiger partial charge in [-0.2, -0.15) is 0 Å². The number of benzene rings is 1. The Labute approximate surface area is 143 Å². The van der Waals surface area contributed by atoms with Crippen molar-refractivity contribution in [2.45, 2.75) is 6.92 Å². The molecule has 0 amide bonds. The van der Waals surface area contributed by atoms with E-state index in [4.69, 9.17) is 13.9 Å². The highest BCUT2D eigenvalue weighted by molar-refractivity contribution is 9.10. The van der Waals surface area contributed by atoms with Crippen LogP contribution in [-0.2, 0) is 0 Å². The van der Waals surface area contributed by atoms with Crippen molar-refractivity contribution in [1.29, 1.82) is 0 Å². The summed E-state index contributed by atoms with van der Waals surface area (Å²) in [7, 11) is 1.56. The van der Waals surface area contributed by atoms with E-state index >= 15 is 0 Å². The molecule has 0 radical (unpaired) electrons. The van der Waals surface area contributed by atoms with Gasteiger partial charge in [-0.25, -0.2) is 0 Å². The van der Waals surface area contributed by atoms with Crippen LogP contribution < -0.4 is 9.47 Å². The maximum absolute atomic E-state index is 12.0. The van der Waals surface area contributed by atoms with Gasteiger partial charge < -0.3 is 13.9 Å². The average molecular weight is 377 g/mol. The molecule has 0 aliphatic rings. The Kier molecular flexibility index (Phi) is 5.82. The van der Waals surface area contributed by atoms with Gasteiger partial charge in [0.05, 0.1) is 11.6 Å². The molecular weight excluding hydrogens is 360 g/mol. The largest absolute Gasteiger partial charge is 0.493 e. The minimum atomic E-state index is -0.194. The highest BCUT2D eigenvalue weighted by Gasteiger charge is 2.11. The quantitative estimate of drug-likeness (QED) is 0.394. The Bertz CT molecular complexity index is 743.